The molecule has 6 heteroatoms. The quantitative estimate of drug-likeness (QED) is 0.880. The molecule has 0 bridgehead atoms. The Kier molecular flexibility index (Phi) is 5.00. The molecule has 1 aliphatic rings. The van der Waals surface area contributed by atoms with Crippen molar-refractivity contribution < 1.29 is 14.3 Å². The Hall–Kier alpha value is -1.82. The number of carbonyl (C=O) groups excluding carboxylic acids is 1. The van der Waals surface area contributed by atoms with Gasteiger partial charge in [0.25, 0.3) is 5.91 Å². The zero-order valence-electron chi connectivity index (χ0n) is 12.6. The van der Waals surface area contributed by atoms with E-state index in [0.717, 1.165) is 6.54 Å². The second-order valence-corrected chi connectivity index (χ2v) is 6.12. The van der Waals surface area contributed by atoms with Gasteiger partial charge in [0.2, 0.25) is 5.22 Å². The minimum absolute atomic E-state index is 0.0927. The van der Waals surface area contributed by atoms with E-state index < -0.39 is 0 Å². The molecule has 5 nitrogen and oxygen atoms in total. The van der Waals surface area contributed by atoms with Crippen LogP contribution in [0.1, 0.15) is 22.3 Å². The molecule has 2 N–H and O–H groups in total. The van der Waals surface area contributed by atoms with Gasteiger partial charge in [-0.15, -0.1) is 0 Å². The topological polar surface area (TPSA) is 65.7 Å². The first-order valence-electron chi connectivity index (χ1n) is 7.60. The first-order valence-corrected chi connectivity index (χ1v) is 7.98. The zero-order chi connectivity index (χ0) is 16.2. The lowest BCUT2D eigenvalue weighted by molar-refractivity contribution is 0.0939. The number of β-amino-alcohol motifs (C(OH)–C–C–N with tert-alkyl or cyclic N) is 1. The monoisotopic (exact) mass is 334 g/mol. The maximum absolute atomic E-state index is 12.1. The minimum Gasteiger partial charge on any atom is -0.452 e. The first-order chi connectivity index (χ1) is 11.1. The number of furan rings is 1. The van der Waals surface area contributed by atoms with E-state index in [1.54, 1.807) is 6.07 Å². The van der Waals surface area contributed by atoms with Crippen molar-refractivity contribution in [1.29, 1.82) is 0 Å². The summed E-state index contributed by atoms with van der Waals surface area (Å²) in [6.07, 6.45) is 1.67. The van der Waals surface area contributed by atoms with E-state index >= 15 is 0 Å². The maximum atomic E-state index is 12.1. The van der Waals surface area contributed by atoms with Crippen molar-refractivity contribution in [2.45, 2.75) is 25.1 Å². The highest BCUT2D eigenvalue weighted by molar-refractivity contribution is 6.32. The maximum Gasteiger partial charge on any atom is 0.256 e. The summed E-state index contributed by atoms with van der Waals surface area (Å²) in [5.74, 6) is -0.259. The fraction of sp³-hybridized carbons (Fsp3) is 0.353. The third-order valence-corrected chi connectivity index (χ3v) is 4.39. The van der Waals surface area contributed by atoms with Crippen LogP contribution in [0, 0.1) is 0 Å². The van der Waals surface area contributed by atoms with Crippen LogP contribution in [-0.2, 0) is 6.54 Å². The Morgan fingerprint density at radius 3 is 2.83 bits per heavy atom. The van der Waals surface area contributed by atoms with Gasteiger partial charge < -0.3 is 14.8 Å². The smallest absolute Gasteiger partial charge is 0.256 e. The fourth-order valence-corrected chi connectivity index (χ4v) is 3.14. The third-order valence-electron chi connectivity index (χ3n) is 4.10. The first kappa shape index (κ1) is 16.1. The van der Waals surface area contributed by atoms with Crippen LogP contribution < -0.4 is 5.32 Å². The van der Waals surface area contributed by atoms with Gasteiger partial charge in [0.05, 0.1) is 17.9 Å². The highest BCUT2D eigenvalue weighted by Crippen LogP contribution is 2.21. The van der Waals surface area contributed by atoms with Gasteiger partial charge in [0, 0.05) is 25.7 Å². The summed E-state index contributed by atoms with van der Waals surface area (Å²) in [5.41, 5.74) is 1.52. The van der Waals surface area contributed by atoms with Gasteiger partial charge in [-0.25, -0.2) is 0 Å². The van der Waals surface area contributed by atoms with E-state index in [-0.39, 0.29) is 23.3 Å². The summed E-state index contributed by atoms with van der Waals surface area (Å²) in [5, 5.41) is 12.9. The predicted octanol–water partition coefficient (Wildman–Crippen LogP) is 2.30. The fourth-order valence-electron chi connectivity index (χ4n) is 2.94. The molecule has 1 amide bonds. The molecule has 1 fully saturated rings. The van der Waals surface area contributed by atoms with Gasteiger partial charge >= 0.3 is 0 Å². The number of carbonyl (C=O) groups is 1. The third kappa shape index (κ3) is 3.93. The number of benzene rings is 1. The molecule has 0 saturated carbocycles. The average molecular weight is 335 g/mol. The number of aliphatic hydroxyl groups is 1. The summed E-state index contributed by atoms with van der Waals surface area (Å²) in [7, 11) is 0. The minimum atomic E-state index is -0.363. The molecule has 0 unspecified atom stereocenters. The Morgan fingerprint density at radius 1 is 1.35 bits per heavy atom. The van der Waals surface area contributed by atoms with Crippen molar-refractivity contribution in [3.8, 4) is 0 Å². The number of hydrogen-bond acceptors (Lipinski definition) is 4. The largest absolute Gasteiger partial charge is 0.452 e. The molecule has 1 aliphatic heterocycles. The molecule has 1 saturated heterocycles. The van der Waals surface area contributed by atoms with Crippen molar-refractivity contribution in [3.63, 3.8) is 0 Å². The van der Waals surface area contributed by atoms with Crippen LogP contribution in [0.5, 0.6) is 0 Å². The molecule has 2 heterocycles. The van der Waals surface area contributed by atoms with E-state index in [4.69, 9.17) is 16.0 Å². The lowest BCUT2D eigenvalue weighted by Crippen LogP contribution is -2.39. The van der Waals surface area contributed by atoms with E-state index in [0.29, 0.717) is 25.1 Å². The number of nitrogens with one attached hydrogen (secondary N) is 1. The number of halogens is 1. The predicted molar refractivity (Wildman–Crippen MR) is 87.3 cm³/mol. The average Bonchev–Trinajstić information content (AvgIpc) is 3.12. The summed E-state index contributed by atoms with van der Waals surface area (Å²) >= 11 is 5.81. The van der Waals surface area contributed by atoms with E-state index in [2.05, 4.69) is 22.3 Å². The van der Waals surface area contributed by atoms with E-state index in [1.807, 2.05) is 18.2 Å². The Balaban J connectivity index is 1.59. The molecule has 0 spiro atoms. The Morgan fingerprint density at radius 2 is 2.13 bits per heavy atom. The van der Waals surface area contributed by atoms with Crippen molar-refractivity contribution in [2.75, 3.05) is 13.1 Å². The zero-order valence-corrected chi connectivity index (χ0v) is 13.4. The van der Waals surface area contributed by atoms with Gasteiger partial charge in [-0.1, -0.05) is 30.3 Å². The summed E-state index contributed by atoms with van der Waals surface area (Å²) in [4.78, 5) is 14.3. The van der Waals surface area contributed by atoms with Gasteiger partial charge in [-0.2, -0.15) is 0 Å². The van der Waals surface area contributed by atoms with Gasteiger partial charge in [0.1, 0.15) is 0 Å². The van der Waals surface area contributed by atoms with E-state index in [9.17, 15) is 9.90 Å². The van der Waals surface area contributed by atoms with Crippen LogP contribution in [0.3, 0.4) is 0 Å². The second kappa shape index (κ2) is 7.17. The molecular weight excluding hydrogens is 316 g/mol. The van der Waals surface area contributed by atoms with Gasteiger partial charge in [0.15, 0.2) is 0 Å². The number of rotatable bonds is 5. The SMILES string of the molecule is O=C(NC[C@H]1C[C@@H](O)CN1Cc1ccccc1)c1ccoc1Cl. The van der Waals surface area contributed by atoms with Crippen LogP contribution in [-0.4, -0.2) is 41.1 Å². The van der Waals surface area contributed by atoms with Crippen LogP contribution in [0.2, 0.25) is 5.22 Å². The van der Waals surface area contributed by atoms with E-state index in [1.165, 1.54) is 11.8 Å². The number of hydrogen-bond donors (Lipinski definition) is 2. The van der Waals surface area contributed by atoms with Crippen molar-refractivity contribution in [3.05, 3.63) is 59.0 Å². The molecule has 2 atom stereocenters. The van der Waals surface area contributed by atoms with Crippen molar-refractivity contribution >= 4 is 17.5 Å². The molecule has 0 radical (unpaired) electrons. The highest BCUT2D eigenvalue weighted by atomic mass is 35.5. The molecule has 0 aliphatic carbocycles. The number of likely N-dealkylation sites (tertiary alicyclic amines) is 1. The Bertz CT molecular complexity index is 659. The molecule has 23 heavy (non-hydrogen) atoms. The summed E-state index contributed by atoms with van der Waals surface area (Å²) in [6.45, 7) is 1.83. The lowest BCUT2D eigenvalue weighted by Gasteiger charge is -2.24. The number of aliphatic hydroxyl groups excluding tert-OH is 1. The standard InChI is InChI=1S/C17H19ClN2O3/c18-16-15(6-7-23-16)17(22)19-9-13-8-14(21)11-20(13)10-12-4-2-1-3-5-12/h1-7,13-14,21H,8-11H2,(H,19,22)/t13-,14-/m1/s1. The lowest BCUT2D eigenvalue weighted by atomic mass is 10.1. The molecule has 122 valence electrons. The van der Waals surface area contributed by atoms with Crippen LogP contribution >= 0.6 is 11.6 Å². The van der Waals surface area contributed by atoms with Crippen molar-refractivity contribution in [2.24, 2.45) is 0 Å². The molecule has 3 rings (SSSR count). The summed E-state index contributed by atoms with van der Waals surface area (Å²) in [6, 6.07) is 11.7. The number of nitrogens with zero attached hydrogens (tertiary/aromatic N) is 1. The molecule has 1 aromatic carbocycles. The second-order valence-electron chi connectivity index (χ2n) is 5.78. The van der Waals surface area contributed by atoms with Crippen molar-refractivity contribution in [1.82, 2.24) is 10.2 Å². The van der Waals surface area contributed by atoms with Crippen LogP contribution in [0.25, 0.3) is 0 Å². The summed E-state index contributed by atoms with van der Waals surface area (Å²) < 4.78 is 4.93. The molecular formula is C17H19ClN2O3. The normalized spacial score (nSPS) is 21.5. The van der Waals surface area contributed by atoms with Crippen LogP contribution in [0.15, 0.2) is 47.1 Å². The van der Waals surface area contributed by atoms with Gasteiger partial charge in [-0.05, 0) is 29.7 Å². The van der Waals surface area contributed by atoms with Crippen LogP contribution in [0.4, 0.5) is 0 Å². The molecule has 2 aromatic rings. The highest BCUT2D eigenvalue weighted by Gasteiger charge is 2.31. The Labute approximate surface area is 139 Å². The number of amides is 1. The van der Waals surface area contributed by atoms with Gasteiger partial charge in [-0.3, -0.25) is 9.69 Å². The molecule has 1 aromatic heterocycles.